The van der Waals surface area contributed by atoms with Gasteiger partial charge in [-0.2, -0.15) is 0 Å². The van der Waals surface area contributed by atoms with Gasteiger partial charge < -0.3 is 4.42 Å². The molecule has 0 unspecified atom stereocenters. The number of hydrogen-bond donors (Lipinski definition) is 0. The number of rotatable bonds is 7. The van der Waals surface area contributed by atoms with Gasteiger partial charge in [-0.3, -0.25) is 9.13 Å². The van der Waals surface area contributed by atoms with Gasteiger partial charge in [0.2, 0.25) is 0 Å². The fourth-order valence-corrected chi connectivity index (χ4v) is 15.1. The van der Waals surface area contributed by atoms with E-state index < -0.39 is 8.07 Å². The van der Waals surface area contributed by atoms with Crippen molar-refractivity contribution in [1.29, 1.82) is 0 Å². The summed E-state index contributed by atoms with van der Waals surface area (Å²) in [5.74, 6) is 0. The highest BCUT2D eigenvalue weighted by molar-refractivity contribution is 7.20. The maximum absolute atomic E-state index is 6.47. The van der Waals surface area contributed by atoms with Crippen molar-refractivity contribution in [3.8, 4) is 22.5 Å². The second kappa shape index (κ2) is 13.7. The van der Waals surface area contributed by atoms with Crippen molar-refractivity contribution >= 4 is 83.6 Å². The van der Waals surface area contributed by atoms with Crippen LogP contribution in [-0.4, -0.2) is 17.2 Å². The lowest BCUT2D eigenvalue weighted by Gasteiger charge is -2.35. The van der Waals surface area contributed by atoms with Gasteiger partial charge in [0.15, 0.2) is 8.07 Å². The van der Waals surface area contributed by atoms with Crippen molar-refractivity contribution in [2.45, 2.75) is 0 Å². The fourth-order valence-electron chi connectivity index (χ4n) is 10.1. The van der Waals surface area contributed by atoms with Crippen LogP contribution < -0.4 is 20.7 Å². The zero-order valence-corrected chi connectivity index (χ0v) is 33.7. The summed E-state index contributed by atoms with van der Waals surface area (Å²) >= 11 is 0. The molecule has 0 bridgehead atoms. The van der Waals surface area contributed by atoms with Crippen molar-refractivity contribution in [2.75, 3.05) is 0 Å². The molecule has 0 aliphatic carbocycles. The molecule has 0 aliphatic rings. The smallest absolute Gasteiger partial charge is 0.181 e. The van der Waals surface area contributed by atoms with Crippen LogP contribution in [0.1, 0.15) is 0 Å². The number of furan rings is 1. The third kappa shape index (κ3) is 4.95. The van der Waals surface area contributed by atoms with E-state index in [1.54, 1.807) is 0 Å². The van der Waals surface area contributed by atoms with Crippen LogP contribution in [0.2, 0.25) is 0 Å². The minimum Gasteiger partial charge on any atom is -0.456 e. The lowest BCUT2D eigenvalue weighted by Crippen LogP contribution is -2.75. The fraction of sp³-hybridized carbons (Fsp3) is 0. The topological polar surface area (TPSA) is 23.0 Å². The molecule has 3 heterocycles. The number of hydrogen-bond acceptors (Lipinski definition) is 1. The van der Waals surface area contributed by atoms with Crippen molar-refractivity contribution < 1.29 is 4.42 Å². The summed E-state index contributed by atoms with van der Waals surface area (Å²) in [4.78, 5) is 0. The molecule has 0 amide bonds. The van der Waals surface area contributed by atoms with Crippen molar-refractivity contribution in [3.05, 3.63) is 231 Å². The molecule has 0 saturated heterocycles. The molecule has 0 aliphatic heterocycles. The van der Waals surface area contributed by atoms with Crippen LogP contribution in [-0.2, 0) is 0 Å². The van der Waals surface area contributed by atoms with Gasteiger partial charge in [-0.25, -0.2) is 0 Å². The van der Waals surface area contributed by atoms with Crippen LogP contribution in [0.4, 0.5) is 0 Å². The third-order valence-corrected chi connectivity index (χ3v) is 17.3. The molecule has 0 radical (unpaired) electrons. The molecular formula is C56H38N2OSi. The molecule has 60 heavy (non-hydrogen) atoms. The maximum Gasteiger partial charge on any atom is 0.181 e. The molecule has 9 aromatic carbocycles. The molecule has 12 aromatic rings. The Hall–Kier alpha value is -7.66. The van der Waals surface area contributed by atoms with Gasteiger partial charge in [0.1, 0.15) is 16.8 Å². The van der Waals surface area contributed by atoms with E-state index in [4.69, 9.17) is 4.42 Å². The number of aromatic nitrogens is 2. The third-order valence-electron chi connectivity index (χ3n) is 12.5. The summed E-state index contributed by atoms with van der Waals surface area (Å²) in [6, 6.07) is 84.4. The average molecular weight is 783 g/mol. The van der Waals surface area contributed by atoms with Gasteiger partial charge in [-0.15, -0.1) is 0 Å². The quantitative estimate of drug-likeness (QED) is 0.117. The second-order valence-corrected chi connectivity index (χ2v) is 19.3. The van der Waals surface area contributed by atoms with Crippen molar-refractivity contribution in [3.63, 3.8) is 0 Å². The molecule has 3 aromatic heterocycles. The molecule has 4 heteroatoms. The first-order chi connectivity index (χ1) is 29.8. The van der Waals surface area contributed by atoms with Gasteiger partial charge in [-0.1, -0.05) is 194 Å². The van der Waals surface area contributed by atoms with E-state index in [0.29, 0.717) is 0 Å². The van der Waals surface area contributed by atoms with Crippen molar-refractivity contribution in [2.24, 2.45) is 0 Å². The van der Waals surface area contributed by atoms with E-state index >= 15 is 0 Å². The van der Waals surface area contributed by atoms with Gasteiger partial charge in [0.05, 0.1) is 11.0 Å². The molecule has 0 spiro atoms. The molecule has 3 nitrogen and oxygen atoms in total. The van der Waals surface area contributed by atoms with E-state index in [2.05, 4.69) is 234 Å². The standard InChI is InChI=1S/C56H38N2OSi/c1-6-21-39(22-7-1)57-54-45(44-32-19-37-50-52(44)46-31-16-17-36-49(46)59-50)33-18-34-47(54)53-48-35-20-38-51(55(48)58(56(53)57)40-23-8-2-9-24-40)60(41-25-10-3-11-26-41,42-27-12-4-13-28-42)43-29-14-5-15-30-43/h1-38H. The Labute approximate surface area is 348 Å². The zero-order chi connectivity index (χ0) is 39.6. The van der Waals surface area contributed by atoms with E-state index in [1.807, 2.05) is 6.07 Å². The Balaban J connectivity index is 1.31. The molecule has 282 valence electrons. The molecular weight excluding hydrogens is 745 g/mol. The predicted octanol–water partition coefficient (Wildman–Crippen LogP) is 11.7. The van der Waals surface area contributed by atoms with Crippen LogP contribution in [0.3, 0.4) is 0 Å². The lowest BCUT2D eigenvalue weighted by molar-refractivity contribution is 0.669. The minimum atomic E-state index is -2.98. The first-order valence-electron chi connectivity index (χ1n) is 20.6. The summed E-state index contributed by atoms with van der Waals surface area (Å²) in [6.45, 7) is 0. The summed E-state index contributed by atoms with van der Waals surface area (Å²) in [5, 5.41) is 11.3. The van der Waals surface area contributed by atoms with Gasteiger partial charge in [0, 0.05) is 43.9 Å². The number of benzene rings is 9. The highest BCUT2D eigenvalue weighted by Crippen LogP contribution is 2.46. The summed E-state index contributed by atoms with van der Waals surface area (Å²) < 4.78 is 11.6. The molecule has 0 N–H and O–H groups in total. The number of para-hydroxylation sites is 5. The molecule has 0 fully saturated rings. The Bertz CT molecular complexity index is 3420. The monoisotopic (exact) mass is 782 g/mol. The Morgan fingerprint density at radius 2 is 0.750 bits per heavy atom. The van der Waals surface area contributed by atoms with E-state index in [1.165, 1.54) is 47.9 Å². The largest absolute Gasteiger partial charge is 0.456 e. The Morgan fingerprint density at radius 1 is 0.317 bits per heavy atom. The summed E-state index contributed by atoms with van der Waals surface area (Å²) in [5.41, 5.74) is 9.86. The van der Waals surface area contributed by atoms with Crippen LogP contribution in [0, 0.1) is 0 Å². The zero-order valence-electron chi connectivity index (χ0n) is 32.7. The Kier molecular flexibility index (Phi) is 7.87. The van der Waals surface area contributed by atoms with Crippen LogP contribution in [0.5, 0.6) is 0 Å². The summed E-state index contributed by atoms with van der Waals surface area (Å²) in [7, 11) is -2.98. The molecule has 12 rings (SSSR count). The van der Waals surface area contributed by atoms with Crippen LogP contribution in [0.15, 0.2) is 235 Å². The minimum absolute atomic E-state index is 0.890. The highest BCUT2D eigenvalue weighted by Gasteiger charge is 2.44. The normalized spacial score (nSPS) is 12.0. The first-order valence-corrected chi connectivity index (χ1v) is 22.6. The average Bonchev–Trinajstić information content (AvgIpc) is 3.99. The maximum atomic E-state index is 6.47. The van der Waals surface area contributed by atoms with Crippen LogP contribution in [0.25, 0.3) is 77.3 Å². The van der Waals surface area contributed by atoms with E-state index in [0.717, 1.165) is 50.1 Å². The molecule has 0 atom stereocenters. The number of nitrogens with zero attached hydrogens (tertiary/aromatic N) is 2. The highest BCUT2D eigenvalue weighted by atomic mass is 28.3. The van der Waals surface area contributed by atoms with E-state index in [9.17, 15) is 0 Å². The van der Waals surface area contributed by atoms with Gasteiger partial charge >= 0.3 is 0 Å². The van der Waals surface area contributed by atoms with Crippen LogP contribution >= 0.6 is 0 Å². The second-order valence-electron chi connectivity index (χ2n) is 15.6. The summed E-state index contributed by atoms with van der Waals surface area (Å²) in [6.07, 6.45) is 0. The SMILES string of the molecule is c1ccc(-n2c3c(-c4cccc5oc6ccccc6c45)cccc3c3c4cccc([Si](c5ccccc5)(c5ccccc5)c5ccccc5)c4n(-c4ccccc4)c32)cc1. The van der Waals surface area contributed by atoms with Crippen molar-refractivity contribution in [1.82, 2.24) is 9.13 Å². The first kappa shape index (κ1) is 34.4. The Morgan fingerprint density at radius 3 is 1.35 bits per heavy atom. The molecule has 0 saturated carbocycles. The lowest BCUT2D eigenvalue weighted by atomic mass is 9.97. The van der Waals surface area contributed by atoms with Gasteiger partial charge in [0.25, 0.3) is 0 Å². The predicted molar refractivity (Wildman–Crippen MR) is 254 cm³/mol. The van der Waals surface area contributed by atoms with Gasteiger partial charge in [-0.05, 0) is 62.7 Å². The number of fused-ring (bicyclic) bond motifs is 8. The van der Waals surface area contributed by atoms with E-state index in [-0.39, 0.29) is 0 Å².